The second-order valence-electron chi connectivity index (χ2n) is 8.28. The fourth-order valence-electron chi connectivity index (χ4n) is 4.60. The van der Waals surface area contributed by atoms with Crippen LogP contribution < -0.4 is 9.47 Å². The summed E-state index contributed by atoms with van der Waals surface area (Å²) in [6, 6.07) is 13.1. The molecular weight excluding hydrogens is 398 g/mol. The van der Waals surface area contributed by atoms with Crippen molar-refractivity contribution in [2.75, 3.05) is 13.7 Å². The van der Waals surface area contributed by atoms with Gasteiger partial charge in [-0.25, -0.2) is 4.79 Å². The van der Waals surface area contributed by atoms with Gasteiger partial charge in [0.15, 0.2) is 11.5 Å². The molecule has 0 saturated carbocycles. The van der Waals surface area contributed by atoms with Crippen molar-refractivity contribution in [3.8, 4) is 17.5 Å². The number of aromatic amines is 1. The maximum Gasteiger partial charge on any atom is 0.407 e. The average molecular weight is 425 g/mol. The first-order valence-electron chi connectivity index (χ1n) is 10.2. The Bertz CT molecular complexity index is 1080. The van der Waals surface area contributed by atoms with Crippen molar-refractivity contribution in [2.24, 2.45) is 5.41 Å². The summed E-state index contributed by atoms with van der Waals surface area (Å²) in [5.74, 6) is 0.778. The van der Waals surface area contributed by atoms with E-state index in [1.165, 1.54) is 4.90 Å². The summed E-state index contributed by atoms with van der Waals surface area (Å²) in [5.41, 5.74) is 1.85. The molecule has 1 aromatic heterocycles. The zero-order valence-corrected chi connectivity index (χ0v) is 18.0. The minimum atomic E-state index is -0.992. The highest BCUT2D eigenvalue weighted by molar-refractivity contribution is 5.75. The van der Waals surface area contributed by atoms with E-state index in [1.54, 1.807) is 20.1 Å². The molecule has 8 nitrogen and oxygen atoms in total. The minimum absolute atomic E-state index is 0.220. The van der Waals surface area contributed by atoms with E-state index < -0.39 is 17.6 Å². The third-order valence-electron chi connectivity index (χ3n) is 6.81. The molecule has 1 saturated heterocycles. The Kier molecular flexibility index (Phi) is 5.26. The number of hydrogen-bond acceptors (Lipinski definition) is 5. The Labute approximate surface area is 180 Å². The number of ether oxygens (including phenoxy) is 2. The number of aromatic nitrogens is 2. The molecule has 2 aromatic carbocycles. The van der Waals surface area contributed by atoms with Gasteiger partial charge in [-0.05, 0) is 43.7 Å². The molecule has 8 heteroatoms. The number of amides is 1. The van der Waals surface area contributed by atoms with Gasteiger partial charge >= 0.3 is 6.09 Å². The van der Waals surface area contributed by atoms with Gasteiger partial charge in [0.05, 0.1) is 24.2 Å². The summed E-state index contributed by atoms with van der Waals surface area (Å²) in [6.07, 6.45) is -1.70. The van der Waals surface area contributed by atoms with E-state index in [4.69, 9.17) is 9.47 Å². The number of aliphatic hydroxyl groups is 1. The minimum Gasteiger partial charge on any atom is -0.493 e. The number of carboxylic acid groups (broad SMARTS) is 1. The van der Waals surface area contributed by atoms with Crippen LogP contribution in [0.1, 0.15) is 32.3 Å². The van der Waals surface area contributed by atoms with Gasteiger partial charge in [0.2, 0.25) is 0 Å². The lowest BCUT2D eigenvalue weighted by atomic mass is 9.69. The molecule has 0 aliphatic carbocycles. The van der Waals surface area contributed by atoms with Crippen LogP contribution in [0.4, 0.5) is 4.79 Å². The molecule has 1 aliphatic heterocycles. The Hall–Kier alpha value is -3.26. The van der Waals surface area contributed by atoms with Crippen LogP contribution in [0, 0.1) is 5.41 Å². The van der Waals surface area contributed by atoms with Crippen LogP contribution in [0.3, 0.4) is 0 Å². The first-order chi connectivity index (χ1) is 14.8. The lowest BCUT2D eigenvalue weighted by molar-refractivity contribution is 0.0204. The largest absolute Gasteiger partial charge is 0.493 e. The smallest absolute Gasteiger partial charge is 0.407 e. The average Bonchev–Trinajstić information content (AvgIpc) is 3.27. The molecule has 3 aromatic rings. The van der Waals surface area contributed by atoms with Crippen LogP contribution in [0.15, 0.2) is 42.5 Å². The first kappa shape index (κ1) is 21.0. The van der Waals surface area contributed by atoms with Gasteiger partial charge in [0.1, 0.15) is 0 Å². The van der Waals surface area contributed by atoms with E-state index in [0.29, 0.717) is 17.5 Å². The second-order valence-corrected chi connectivity index (χ2v) is 8.28. The Morgan fingerprint density at radius 3 is 2.68 bits per heavy atom. The first-order valence-corrected chi connectivity index (χ1v) is 10.2. The number of nitrogens with one attached hydrogen (secondary N) is 1. The van der Waals surface area contributed by atoms with Crippen LogP contribution in [-0.4, -0.2) is 57.0 Å². The van der Waals surface area contributed by atoms with Crippen LogP contribution in [0.25, 0.3) is 11.0 Å². The van der Waals surface area contributed by atoms with Crippen molar-refractivity contribution in [1.29, 1.82) is 0 Å². The fraction of sp³-hybridized carbons (Fsp3) is 0.391. The third-order valence-corrected chi connectivity index (χ3v) is 6.81. The zero-order valence-electron chi connectivity index (χ0n) is 18.0. The van der Waals surface area contributed by atoms with Gasteiger partial charge in [-0.3, -0.25) is 0 Å². The number of methoxy groups -OCH3 is 1. The van der Waals surface area contributed by atoms with E-state index in [-0.39, 0.29) is 18.5 Å². The summed E-state index contributed by atoms with van der Waals surface area (Å²) < 4.78 is 11.5. The van der Waals surface area contributed by atoms with Crippen LogP contribution >= 0.6 is 0 Å². The van der Waals surface area contributed by atoms with Crippen molar-refractivity contribution < 1.29 is 24.5 Å². The summed E-state index contributed by atoms with van der Waals surface area (Å²) in [4.78, 5) is 20.8. The highest BCUT2D eigenvalue weighted by atomic mass is 16.5. The Balaban J connectivity index is 1.73. The third kappa shape index (κ3) is 3.46. The second kappa shape index (κ2) is 7.77. The summed E-state index contributed by atoms with van der Waals surface area (Å²) in [7, 11) is 1.56. The van der Waals surface area contributed by atoms with E-state index in [1.807, 2.05) is 50.2 Å². The molecular formula is C23H27N3O5. The van der Waals surface area contributed by atoms with Crippen molar-refractivity contribution in [1.82, 2.24) is 14.9 Å². The van der Waals surface area contributed by atoms with Gasteiger partial charge in [0.25, 0.3) is 6.01 Å². The number of nitrogens with zero attached hydrogens (tertiary/aromatic N) is 2. The molecule has 0 spiro atoms. The van der Waals surface area contributed by atoms with Crippen molar-refractivity contribution >= 4 is 17.1 Å². The highest BCUT2D eigenvalue weighted by Gasteiger charge is 2.53. The topological polar surface area (TPSA) is 108 Å². The molecule has 1 amide bonds. The summed E-state index contributed by atoms with van der Waals surface area (Å²) >= 11 is 0. The van der Waals surface area contributed by atoms with Gasteiger partial charge in [-0.1, -0.05) is 25.1 Å². The van der Waals surface area contributed by atoms with Crippen molar-refractivity contribution in [3.63, 3.8) is 0 Å². The molecule has 31 heavy (non-hydrogen) atoms. The van der Waals surface area contributed by atoms with Gasteiger partial charge < -0.3 is 29.6 Å². The molecule has 4 atom stereocenters. The van der Waals surface area contributed by atoms with E-state index in [0.717, 1.165) is 16.6 Å². The van der Waals surface area contributed by atoms with E-state index in [9.17, 15) is 15.0 Å². The molecule has 164 valence electrons. The van der Waals surface area contributed by atoms with Crippen LogP contribution in [-0.2, 0) is 0 Å². The molecule has 1 unspecified atom stereocenters. The number of imidazole rings is 1. The fourth-order valence-corrected chi connectivity index (χ4v) is 4.60. The van der Waals surface area contributed by atoms with Gasteiger partial charge in [-0.15, -0.1) is 0 Å². The molecule has 3 N–H and O–H groups in total. The van der Waals surface area contributed by atoms with Crippen LogP contribution in [0.5, 0.6) is 17.5 Å². The number of likely N-dealkylation sites (tertiary alicyclic amines) is 1. The quantitative estimate of drug-likeness (QED) is 0.565. The number of benzene rings is 2. The molecule has 1 fully saturated rings. The summed E-state index contributed by atoms with van der Waals surface area (Å²) in [6.45, 7) is 5.77. The Morgan fingerprint density at radius 1 is 1.29 bits per heavy atom. The number of fused-ring (bicyclic) bond motifs is 1. The monoisotopic (exact) mass is 425 g/mol. The maximum atomic E-state index is 11.8. The SMILES string of the molecule is COc1ccc([C@@H]2CN(C(=O)O)C(C)[C@@]2(C)[C@H](C)O)cc1Oc1nc2ccccc2[nH]1. The zero-order chi connectivity index (χ0) is 22.3. The Morgan fingerprint density at radius 2 is 2.03 bits per heavy atom. The van der Waals surface area contributed by atoms with Gasteiger partial charge in [0, 0.05) is 23.9 Å². The predicted octanol–water partition coefficient (Wildman–Crippen LogP) is 4.22. The number of hydrogen-bond donors (Lipinski definition) is 3. The standard InChI is InChI=1S/C23H27N3O5/c1-13-23(3,14(2)27)16(12-26(13)22(28)29)15-9-10-19(30-4)20(11-15)31-21-24-17-7-5-6-8-18(17)25-21/h5-11,13-14,16,27H,12H2,1-4H3,(H,24,25)(H,28,29)/t13?,14-,16-,23-/m0/s1. The molecule has 0 bridgehead atoms. The molecule has 1 aliphatic rings. The summed E-state index contributed by atoms with van der Waals surface area (Å²) in [5, 5.41) is 20.3. The van der Waals surface area contributed by atoms with Crippen molar-refractivity contribution in [3.05, 3.63) is 48.0 Å². The van der Waals surface area contributed by atoms with Gasteiger partial charge in [-0.2, -0.15) is 4.98 Å². The molecule has 0 radical (unpaired) electrons. The number of aliphatic hydroxyl groups excluding tert-OH is 1. The van der Waals surface area contributed by atoms with E-state index >= 15 is 0 Å². The number of rotatable bonds is 5. The molecule has 4 rings (SSSR count). The lowest BCUT2D eigenvalue weighted by Gasteiger charge is -2.38. The number of H-pyrrole nitrogens is 1. The van der Waals surface area contributed by atoms with E-state index in [2.05, 4.69) is 9.97 Å². The maximum absolute atomic E-state index is 11.8. The normalized spacial score (nSPS) is 24.4. The highest BCUT2D eigenvalue weighted by Crippen LogP contribution is 2.50. The predicted molar refractivity (Wildman–Crippen MR) is 116 cm³/mol. The van der Waals surface area contributed by atoms with Crippen LogP contribution in [0.2, 0.25) is 0 Å². The lowest BCUT2D eigenvalue weighted by Crippen LogP contribution is -2.45. The number of carbonyl (C=O) groups is 1. The number of para-hydroxylation sites is 2. The molecule has 2 heterocycles. The van der Waals surface area contributed by atoms with Crippen molar-refractivity contribution in [2.45, 2.75) is 38.8 Å².